The molecule has 0 fully saturated rings. The van der Waals surface area contributed by atoms with Crippen molar-refractivity contribution in [1.29, 1.82) is 0 Å². The van der Waals surface area contributed by atoms with Crippen LogP contribution in [0.15, 0.2) is 46.2 Å². The number of pyridine rings is 1. The zero-order valence-corrected chi connectivity index (χ0v) is 13.2. The Morgan fingerprint density at radius 3 is 2.90 bits per heavy atom. The molecular formula is C14H12BrN3OS. The van der Waals surface area contributed by atoms with Crippen LogP contribution in [0.4, 0.5) is 0 Å². The normalized spacial score (nSPS) is 12.7. The predicted molar refractivity (Wildman–Crippen MR) is 82.9 cm³/mol. The van der Waals surface area contributed by atoms with Crippen molar-refractivity contribution in [3.8, 4) is 0 Å². The Bertz CT molecular complexity index is 767. The third kappa shape index (κ3) is 2.53. The molecule has 0 amide bonds. The van der Waals surface area contributed by atoms with Gasteiger partial charge in [-0.2, -0.15) is 0 Å². The van der Waals surface area contributed by atoms with E-state index >= 15 is 0 Å². The first-order valence-corrected chi connectivity index (χ1v) is 8.19. The molecule has 2 heterocycles. The van der Waals surface area contributed by atoms with Gasteiger partial charge in [0.1, 0.15) is 0 Å². The summed E-state index contributed by atoms with van der Waals surface area (Å²) in [6.07, 6.45) is 1.71. The molecule has 4 nitrogen and oxygen atoms in total. The monoisotopic (exact) mass is 349 g/mol. The number of para-hydroxylation sites is 2. The number of aromatic nitrogens is 3. The number of hydrogen-bond acceptors (Lipinski definition) is 3. The first kappa shape index (κ1) is 13.5. The van der Waals surface area contributed by atoms with E-state index < -0.39 is 10.8 Å². The van der Waals surface area contributed by atoms with Gasteiger partial charge in [0.2, 0.25) is 0 Å². The second-order valence-corrected chi connectivity index (χ2v) is 6.63. The quantitative estimate of drug-likeness (QED) is 0.788. The molecular weight excluding hydrogens is 338 g/mol. The Kier molecular flexibility index (Phi) is 3.67. The summed E-state index contributed by atoms with van der Waals surface area (Å²) in [7, 11) is -1.24. The van der Waals surface area contributed by atoms with Gasteiger partial charge in [-0.15, -0.1) is 0 Å². The molecule has 20 heavy (non-hydrogen) atoms. The maximum atomic E-state index is 12.4. The van der Waals surface area contributed by atoms with Gasteiger partial charge in [-0.3, -0.25) is 9.19 Å². The van der Waals surface area contributed by atoms with Crippen LogP contribution < -0.4 is 0 Å². The van der Waals surface area contributed by atoms with E-state index in [-0.39, 0.29) is 0 Å². The molecule has 0 radical (unpaired) electrons. The van der Waals surface area contributed by atoms with E-state index in [4.69, 9.17) is 0 Å². The van der Waals surface area contributed by atoms with E-state index in [0.717, 1.165) is 26.8 Å². The smallest absolute Gasteiger partial charge is 0.197 e. The minimum atomic E-state index is -1.24. The number of benzene rings is 1. The highest BCUT2D eigenvalue weighted by Crippen LogP contribution is 2.20. The zero-order chi connectivity index (χ0) is 14.1. The topological polar surface area (TPSA) is 58.6 Å². The van der Waals surface area contributed by atoms with Crippen molar-refractivity contribution >= 4 is 37.8 Å². The maximum Gasteiger partial charge on any atom is 0.197 e. The number of hydrogen-bond donors (Lipinski definition) is 1. The van der Waals surface area contributed by atoms with Crippen LogP contribution in [-0.2, 0) is 16.6 Å². The molecule has 3 aromatic rings. The highest BCUT2D eigenvalue weighted by atomic mass is 79.9. The molecule has 1 aromatic carbocycles. The molecule has 2 aromatic heterocycles. The molecule has 0 bridgehead atoms. The van der Waals surface area contributed by atoms with E-state index in [2.05, 4.69) is 30.9 Å². The zero-order valence-electron chi connectivity index (χ0n) is 10.8. The fraction of sp³-hybridized carbons (Fsp3) is 0.143. The Labute approximate surface area is 127 Å². The molecule has 102 valence electrons. The Balaban J connectivity index is 1.91. The molecule has 0 aliphatic carbocycles. The largest absolute Gasteiger partial charge is 0.331 e. The van der Waals surface area contributed by atoms with E-state index in [9.17, 15) is 4.21 Å². The van der Waals surface area contributed by atoms with Crippen molar-refractivity contribution in [3.63, 3.8) is 0 Å². The first-order chi connectivity index (χ1) is 9.65. The van der Waals surface area contributed by atoms with E-state index in [1.807, 2.05) is 37.3 Å². The SMILES string of the molecule is Cc1c(Br)ccnc1CS(=O)c1nc2ccccc2[nH]1. The summed E-state index contributed by atoms with van der Waals surface area (Å²) in [5.41, 5.74) is 3.56. The van der Waals surface area contributed by atoms with Crippen LogP contribution in [0.25, 0.3) is 11.0 Å². The second-order valence-electron chi connectivity index (χ2n) is 4.41. The lowest BCUT2D eigenvalue weighted by Gasteiger charge is -2.04. The van der Waals surface area contributed by atoms with E-state index in [0.29, 0.717) is 10.9 Å². The Hall–Kier alpha value is -1.53. The summed E-state index contributed by atoms with van der Waals surface area (Å²) >= 11 is 3.46. The van der Waals surface area contributed by atoms with Crippen LogP contribution in [0.5, 0.6) is 0 Å². The van der Waals surface area contributed by atoms with Crippen molar-refractivity contribution in [2.24, 2.45) is 0 Å². The molecule has 0 spiro atoms. The Morgan fingerprint density at radius 2 is 2.10 bits per heavy atom. The molecule has 1 unspecified atom stereocenters. The van der Waals surface area contributed by atoms with Gasteiger partial charge in [0, 0.05) is 10.7 Å². The minimum absolute atomic E-state index is 0.352. The van der Waals surface area contributed by atoms with Gasteiger partial charge >= 0.3 is 0 Å². The summed E-state index contributed by atoms with van der Waals surface area (Å²) < 4.78 is 13.4. The average molecular weight is 350 g/mol. The van der Waals surface area contributed by atoms with Crippen molar-refractivity contribution in [3.05, 3.63) is 52.3 Å². The molecule has 0 saturated heterocycles. The fourth-order valence-electron chi connectivity index (χ4n) is 1.93. The van der Waals surface area contributed by atoms with Crippen molar-refractivity contribution in [2.75, 3.05) is 0 Å². The number of H-pyrrole nitrogens is 1. The van der Waals surface area contributed by atoms with Gasteiger partial charge in [0.15, 0.2) is 5.16 Å². The molecule has 1 atom stereocenters. The standard InChI is InChI=1S/C14H12BrN3OS/c1-9-10(15)6-7-16-13(9)8-20(19)14-17-11-4-2-3-5-12(11)18-14/h2-7H,8H2,1H3,(H,17,18). The third-order valence-corrected chi connectivity index (χ3v) is 5.11. The van der Waals surface area contributed by atoms with Gasteiger partial charge in [0.05, 0.1) is 33.3 Å². The van der Waals surface area contributed by atoms with Crippen LogP contribution in [0, 0.1) is 6.92 Å². The first-order valence-electron chi connectivity index (χ1n) is 6.08. The molecule has 6 heteroatoms. The van der Waals surface area contributed by atoms with Crippen molar-refractivity contribution in [2.45, 2.75) is 17.8 Å². The fourth-order valence-corrected chi connectivity index (χ4v) is 3.37. The number of fused-ring (bicyclic) bond motifs is 1. The summed E-state index contributed by atoms with van der Waals surface area (Å²) in [6, 6.07) is 9.53. The third-order valence-electron chi connectivity index (χ3n) is 3.09. The highest BCUT2D eigenvalue weighted by molar-refractivity contribution is 9.10. The second kappa shape index (κ2) is 5.46. The number of aromatic amines is 1. The number of nitrogens with zero attached hydrogens (tertiary/aromatic N) is 2. The molecule has 0 aliphatic rings. The van der Waals surface area contributed by atoms with Gasteiger partial charge in [-0.05, 0) is 30.7 Å². The van der Waals surface area contributed by atoms with Gasteiger partial charge < -0.3 is 4.98 Å². The molecule has 0 saturated carbocycles. The summed E-state index contributed by atoms with van der Waals surface area (Å²) in [6.45, 7) is 1.96. The lowest BCUT2D eigenvalue weighted by Crippen LogP contribution is -2.02. The maximum absolute atomic E-state index is 12.4. The molecule has 3 rings (SSSR count). The lowest BCUT2D eigenvalue weighted by atomic mass is 10.2. The number of nitrogens with one attached hydrogen (secondary N) is 1. The number of rotatable bonds is 3. The highest BCUT2D eigenvalue weighted by Gasteiger charge is 2.13. The molecule has 1 N–H and O–H groups in total. The van der Waals surface area contributed by atoms with E-state index in [1.54, 1.807) is 6.20 Å². The molecule has 0 aliphatic heterocycles. The number of imidazole rings is 1. The summed E-state index contributed by atoms with van der Waals surface area (Å²) in [4.78, 5) is 11.8. The Morgan fingerprint density at radius 1 is 1.30 bits per heavy atom. The number of halogens is 1. The van der Waals surface area contributed by atoms with Crippen LogP contribution in [0.2, 0.25) is 0 Å². The van der Waals surface area contributed by atoms with Gasteiger partial charge in [0.25, 0.3) is 0 Å². The van der Waals surface area contributed by atoms with Gasteiger partial charge in [-0.25, -0.2) is 4.98 Å². The summed E-state index contributed by atoms with van der Waals surface area (Å²) in [5.74, 6) is 0.352. The van der Waals surface area contributed by atoms with Crippen LogP contribution in [-0.4, -0.2) is 19.2 Å². The van der Waals surface area contributed by atoms with Crippen molar-refractivity contribution < 1.29 is 4.21 Å². The predicted octanol–water partition coefficient (Wildman–Crippen LogP) is 3.34. The van der Waals surface area contributed by atoms with Crippen LogP contribution in [0.1, 0.15) is 11.3 Å². The van der Waals surface area contributed by atoms with Gasteiger partial charge in [-0.1, -0.05) is 28.1 Å². The van der Waals surface area contributed by atoms with Crippen LogP contribution >= 0.6 is 15.9 Å². The average Bonchev–Trinajstić information content (AvgIpc) is 2.88. The van der Waals surface area contributed by atoms with Crippen LogP contribution in [0.3, 0.4) is 0 Å². The summed E-state index contributed by atoms with van der Waals surface area (Å²) in [5, 5.41) is 0.493. The van der Waals surface area contributed by atoms with E-state index in [1.165, 1.54) is 0 Å². The van der Waals surface area contributed by atoms with Crippen molar-refractivity contribution in [1.82, 2.24) is 15.0 Å². The lowest BCUT2D eigenvalue weighted by molar-refractivity contribution is 0.676. The minimum Gasteiger partial charge on any atom is -0.331 e.